The van der Waals surface area contributed by atoms with E-state index in [0.29, 0.717) is 25.2 Å². The van der Waals surface area contributed by atoms with Crippen molar-refractivity contribution in [2.24, 2.45) is 0 Å². The van der Waals surface area contributed by atoms with Gasteiger partial charge in [-0.15, -0.1) is 0 Å². The molecule has 0 aromatic carbocycles. The Kier molecular flexibility index (Phi) is 3.32. The van der Waals surface area contributed by atoms with Gasteiger partial charge in [0.15, 0.2) is 0 Å². The average molecular weight is 305 g/mol. The first-order valence-electron chi connectivity index (χ1n) is 7.25. The molecule has 2 aliphatic heterocycles. The van der Waals surface area contributed by atoms with E-state index >= 15 is 0 Å². The zero-order chi connectivity index (χ0) is 16.0. The molecule has 2 amide bonds. The van der Waals surface area contributed by atoms with Gasteiger partial charge in [0.05, 0.1) is 0 Å². The van der Waals surface area contributed by atoms with Gasteiger partial charge in [0.1, 0.15) is 11.3 Å². The number of amides is 2. The van der Waals surface area contributed by atoms with Crippen LogP contribution in [0.4, 0.5) is 10.5 Å². The van der Waals surface area contributed by atoms with Crippen molar-refractivity contribution in [1.82, 2.24) is 10.3 Å². The Labute approximate surface area is 128 Å². The predicted molar refractivity (Wildman–Crippen MR) is 78.8 cm³/mol. The van der Waals surface area contributed by atoms with E-state index in [-0.39, 0.29) is 5.88 Å². The minimum atomic E-state index is -1.09. The lowest BCUT2D eigenvalue weighted by Gasteiger charge is -2.38. The fraction of sp³-hybridized carbons (Fsp3) is 0.533. The predicted octanol–water partition coefficient (Wildman–Crippen LogP) is 1.47. The largest absolute Gasteiger partial charge is 0.458 e. The van der Waals surface area contributed by atoms with E-state index in [1.165, 1.54) is 0 Å². The summed E-state index contributed by atoms with van der Waals surface area (Å²) in [4.78, 5) is 30.6. The smallest absolute Gasteiger partial charge is 0.422 e. The van der Waals surface area contributed by atoms with E-state index in [4.69, 9.17) is 9.47 Å². The van der Waals surface area contributed by atoms with Crippen LogP contribution in [0.25, 0.3) is 0 Å². The van der Waals surface area contributed by atoms with Gasteiger partial charge in [0.2, 0.25) is 11.5 Å². The molecular weight excluding hydrogens is 286 g/mol. The lowest BCUT2D eigenvalue weighted by molar-refractivity contribution is -0.133. The molecule has 118 valence electrons. The molecule has 1 spiro atoms. The van der Waals surface area contributed by atoms with Crippen LogP contribution in [0.1, 0.15) is 27.2 Å². The summed E-state index contributed by atoms with van der Waals surface area (Å²) in [7, 11) is 0. The van der Waals surface area contributed by atoms with E-state index in [0.717, 1.165) is 4.90 Å². The Hall–Kier alpha value is -2.15. The highest BCUT2D eigenvalue weighted by Gasteiger charge is 2.53. The van der Waals surface area contributed by atoms with Gasteiger partial charge >= 0.3 is 6.09 Å². The van der Waals surface area contributed by atoms with Crippen molar-refractivity contribution in [3.8, 4) is 5.88 Å². The number of hydrogen-bond donors (Lipinski definition) is 1. The Morgan fingerprint density at radius 2 is 2.27 bits per heavy atom. The molecule has 22 heavy (non-hydrogen) atoms. The molecule has 3 heterocycles. The van der Waals surface area contributed by atoms with Crippen LogP contribution >= 0.6 is 0 Å². The van der Waals surface area contributed by atoms with Crippen LogP contribution in [0.2, 0.25) is 0 Å². The number of nitrogens with one attached hydrogen (secondary N) is 1. The minimum absolute atomic E-state index is 0.275. The van der Waals surface area contributed by atoms with Gasteiger partial charge in [-0.05, 0) is 39.4 Å². The van der Waals surface area contributed by atoms with Crippen molar-refractivity contribution < 1.29 is 19.1 Å². The van der Waals surface area contributed by atoms with Crippen LogP contribution in [0, 0.1) is 0 Å². The summed E-state index contributed by atoms with van der Waals surface area (Å²) >= 11 is 0. The molecule has 1 fully saturated rings. The number of pyridine rings is 1. The Morgan fingerprint density at radius 3 is 2.91 bits per heavy atom. The zero-order valence-electron chi connectivity index (χ0n) is 12.9. The van der Waals surface area contributed by atoms with E-state index in [1.54, 1.807) is 39.1 Å². The molecule has 0 saturated carbocycles. The topological polar surface area (TPSA) is 80.8 Å². The van der Waals surface area contributed by atoms with E-state index < -0.39 is 23.2 Å². The summed E-state index contributed by atoms with van der Waals surface area (Å²) in [5.74, 6) is -0.135. The number of nitrogens with zero attached hydrogens (tertiary/aromatic N) is 2. The van der Waals surface area contributed by atoms with Gasteiger partial charge in [0.25, 0.3) is 5.91 Å². The van der Waals surface area contributed by atoms with Crippen molar-refractivity contribution in [3.05, 3.63) is 18.3 Å². The highest BCUT2D eigenvalue weighted by Crippen LogP contribution is 2.39. The van der Waals surface area contributed by atoms with Gasteiger partial charge in [-0.3, -0.25) is 4.79 Å². The van der Waals surface area contributed by atoms with Gasteiger partial charge in [-0.1, -0.05) is 0 Å². The molecule has 3 rings (SSSR count). The standard InChI is InChI=1S/C15H19N3O4/c1-14(2,3)22-13(20)18-10-5-4-7-17-11(10)21-15(12(18)19)6-8-16-9-15/h4-5,7,16H,6,8-9H2,1-3H3/t15-/m1/s1. The number of fused-ring (bicyclic) bond motifs is 1. The van der Waals surface area contributed by atoms with Crippen LogP contribution in [-0.2, 0) is 9.53 Å². The summed E-state index contributed by atoms with van der Waals surface area (Å²) in [6, 6.07) is 3.27. The minimum Gasteiger partial charge on any atom is -0.458 e. The fourth-order valence-corrected chi connectivity index (χ4v) is 2.60. The lowest BCUT2D eigenvalue weighted by atomic mass is 9.99. The molecule has 0 bridgehead atoms. The van der Waals surface area contributed by atoms with E-state index in [2.05, 4.69) is 10.3 Å². The van der Waals surface area contributed by atoms with E-state index in [1.807, 2.05) is 0 Å². The Morgan fingerprint density at radius 1 is 1.50 bits per heavy atom. The zero-order valence-corrected chi connectivity index (χ0v) is 12.9. The molecule has 1 atom stereocenters. The first-order chi connectivity index (χ1) is 10.3. The summed E-state index contributed by atoms with van der Waals surface area (Å²) < 4.78 is 11.2. The molecule has 1 N–H and O–H groups in total. The number of carbonyl (C=O) groups excluding carboxylic acids is 2. The maximum atomic E-state index is 12.9. The first kappa shape index (κ1) is 14.8. The molecule has 1 aromatic rings. The summed E-state index contributed by atoms with van der Waals surface area (Å²) in [5, 5.41) is 3.10. The molecule has 1 saturated heterocycles. The van der Waals surface area contributed by atoms with Crippen LogP contribution in [0.15, 0.2) is 18.3 Å². The second kappa shape index (κ2) is 4.95. The van der Waals surface area contributed by atoms with Crippen LogP contribution in [0.3, 0.4) is 0 Å². The second-order valence-corrected chi connectivity index (χ2v) is 6.47. The van der Waals surface area contributed by atoms with Gasteiger partial charge in [-0.25, -0.2) is 14.7 Å². The van der Waals surface area contributed by atoms with Gasteiger partial charge < -0.3 is 14.8 Å². The SMILES string of the molecule is CC(C)(C)OC(=O)N1C(=O)[C@]2(CCNC2)Oc2ncccc21. The number of imide groups is 1. The van der Waals surface area contributed by atoms with Crippen molar-refractivity contribution in [3.63, 3.8) is 0 Å². The van der Waals surface area contributed by atoms with Crippen LogP contribution in [0.5, 0.6) is 5.88 Å². The molecular formula is C15H19N3O4. The van der Waals surface area contributed by atoms with Crippen molar-refractivity contribution in [2.45, 2.75) is 38.4 Å². The highest BCUT2D eigenvalue weighted by molar-refractivity contribution is 6.17. The normalized spacial score (nSPS) is 24.1. The summed E-state index contributed by atoms with van der Waals surface area (Å²) in [6.45, 7) is 6.27. The Bertz CT molecular complexity index is 617. The molecule has 2 aliphatic rings. The number of rotatable bonds is 0. The molecule has 7 heteroatoms. The number of ether oxygens (including phenoxy) is 2. The maximum Gasteiger partial charge on any atom is 0.422 e. The summed E-state index contributed by atoms with van der Waals surface area (Å²) in [6.07, 6.45) is 1.35. The number of hydrogen-bond acceptors (Lipinski definition) is 6. The van der Waals surface area contributed by atoms with Crippen molar-refractivity contribution >= 4 is 17.7 Å². The number of aromatic nitrogens is 1. The molecule has 0 unspecified atom stereocenters. The van der Waals surface area contributed by atoms with E-state index in [9.17, 15) is 9.59 Å². The second-order valence-electron chi connectivity index (χ2n) is 6.47. The molecule has 7 nitrogen and oxygen atoms in total. The molecule has 0 aliphatic carbocycles. The van der Waals surface area contributed by atoms with Crippen molar-refractivity contribution in [1.29, 1.82) is 0 Å². The molecule has 0 radical (unpaired) electrons. The van der Waals surface area contributed by atoms with Crippen LogP contribution < -0.4 is 15.0 Å². The number of anilines is 1. The highest BCUT2D eigenvalue weighted by atomic mass is 16.6. The third-order valence-electron chi connectivity index (χ3n) is 3.57. The molecule has 1 aromatic heterocycles. The third kappa shape index (κ3) is 2.41. The maximum absolute atomic E-state index is 12.9. The third-order valence-corrected chi connectivity index (χ3v) is 3.57. The van der Waals surface area contributed by atoms with Crippen LogP contribution in [-0.4, -0.2) is 41.3 Å². The number of carbonyl (C=O) groups is 2. The summed E-state index contributed by atoms with van der Waals surface area (Å²) in [5.41, 5.74) is -1.46. The van der Waals surface area contributed by atoms with Crippen molar-refractivity contribution in [2.75, 3.05) is 18.0 Å². The monoisotopic (exact) mass is 305 g/mol. The first-order valence-corrected chi connectivity index (χ1v) is 7.25. The van der Waals surface area contributed by atoms with Gasteiger partial charge in [-0.2, -0.15) is 0 Å². The van der Waals surface area contributed by atoms with Gasteiger partial charge in [0, 0.05) is 19.2 Å². The lowest BCUT2D eigenvalue weighted by Crippen LogP contribution is -2.59. The average Bonchev–Trinajstić information content (AvgIpc) is 2.87. The fourth-order valence-electron chi connectivity index (χ4n) is 2.60. The Balaban J connectivity index is 2.02. The quantitative estimate of drug-likeness (QED) is 0.782.